The minimum absolute atomic E-state index is 0.0910. The summed E-state index contributed by atoms with van der Waals surface area (Å²) in [4.78, 5) is 0. The van der Waals surface area contributed by atoms with Gasteiger partial charge in [0.05, 0.1) is 0 Å². The fourth-order valence-electron chi connectivity index (χ4n) is 9.82. The Morgan fingerprint density at radius 2 is 0.452 bits per heavy atom. The Labute approximate surface area is 365 Å². The van der Waals surface area contributed by atoms with Crippen molar-refractivity contribution in [3.63, 3.8) is 0 Å². The molecule has 62 heavy (non-hydrogen) atoms. The third-order valence-corrected chi connectivity index (χ3v) is 13.3. The van der Waals surface area contributed by atoms with Gasteiger partial charge in [-0.2, -0.15) is 0 Å². The fourth-order valence-corrected chi connectivity index (χ4v) is 9.82. The highest BCUT2D eigenvalue weighted by molar-refractivity contribution is 6.27. The van der Waals surface area contributed by atoms with Crippen LogP contribution in [0.4, 0.5) is 0 Å². The highest BCUT2D eigenvalue weighted by atomic mass is 14.2. The first-order chi connectivity index (χ1) is 30.0. The lowest BCUT2D eigenvalue weighted by atomic mass is 9.84. The van der Waals surface area contributed by atoms with Crippen LogP contribution in [0.25, 0.3) is 109 Å². The van der Waals surface area contributed by atoms with Crippen molar-refractivity contribution >= 4 is 64.6 Å². The summed E-state index contributed by atoms with van der Waals surface area (Å²) < 4.78 is 0. The summed E-state index contributed by atoms with van der Waals surface area (Å²) in [7, 11) is 0. The predicted molar refractivity (Wildman–Crippen MR) is 271 cm³/mol. The Kier molecular flexibility index (Phi) is 8.74. The SMILES string of the molecule is CC(C)(C)c1ccc2c3ccc(-c4cccc(-c5ccc(-c6cccc(-c7ccc8c9ccc(C(C)(C)C)cc9c9ccccc9c8c7)c6)cc5)c4)cc3c3ccccc3c2c1. The van der Waals surface area contributed by atoms with E-state index in [1.54, 1.807) is 0 Å². The van der Waals surface area contributed by atoms with Gasteiger partial charge >= 0.3 is 0 Å². The van der Waals surface area contributed by atoms with Crippen LogP contribution in [0.1, 0.15) is 52.7 Å². The van der Waals surface area contributed by atoms with Crippen LogP contribution in [0.5, 0.6) is 0 Å². The molecule has 0 aliphatic carbocycles. The minimum Gasteiger partial charge on any atom is -0.0616 e. The molecule has 0 heteroatoms. The Balaban J connectivity index is 0.916. The highest BCUT2D eigenvalue weighted by Crippen LogP contribution is 2.42. The average molecular weight is 795 g/mol. The molecule has 11 rings (SSSR count). The summed E-state index contributed by atoms with van der Waals surface area (Å²) in [6.07, 6.45) is 0. The van der Waals surface area contributed by atoms with Crippen LogP contribution in [0.15, 0.2) is 194 Å². The van der Waals surface area contributed by atoms with Crippen molar-refractivity contribution in [2.24, 2.45) is 0 Å². The second-order valence-corrected chi connectivity index (χ2v) is 19.4. The number of rotatable bonds is 4. The maximum Gasteiger partial charge on any atom is -0.00928 e. The van der Waals surface area contributed by atoms with Gasteiger partial charge in [-0.15, -0.1) is 0 Å². The third-order valence-electron chi connectivity index (χ3n) is 13.3. The van der Waals surface area contributed by atoms with Crippen molar-refractivity contribution in [2.75, 3.05) is 0 Å². The van der Waals surface area contributed by atoms with E-state index < -0.39 is 0 Å². The molecule has 0 aromatic heterocycles. The lowest BCUT2D eigenvalue weighted by Gasteiger charge is -2.21. The van der Waals surface area contributed by atoms with E-state index in [4.69, 9.17) is 0 Å². The molecule has 0 heterocycles. The van der Waals surface area contributed by atoms with Gasteiger partial charge in [-0.25, -0.2) is 0 Å². The minimum atomic E-state index is 0.0910. The second kappa shape index (κ2) is 14.3. The van der Waals surface area contributed by atoms with E-state index in [1.165, 1.54) is 120 Å². The molecule has 0 fully saturated rings. The zero-order chi connectivity index (χ0) is 42.3. The summed E-state index contributed by atoms with van der Waals surface area (Å²) in [5.41, 5.74) is 12.7. The van der Waals surface area contributed by atoms with E-state index in [0.717, 1.165) is 0 Å². The Morgan fingerprint density at radius 3 is 0.790 bits per heavy atom. The molecule has 0 aliphatic heterocycles. The van der Waals surface area contributed by atoms with Gasteiger partial charge in [0.25, 0.3) is 0 Å². The summed E-state index contributed by atoms with van der Waals surface area (Å²) >= 11 is 0. The van der Waals surface area contributed by atoms with Gasteiger partial charge in [-0.05, 0) is 167 Å². The number of fused-ring (bicyclic) bond motifs is 12. The number of hydrogen-bond acceptors (Lipinski definition) is 0. The topological polar surface area (TPSA) is 0 Å². The molecule has 0 nitrogen and oxygen atoms in total. The summed E-state index contributed by atoms with van der Waals surface area (Å²) in [6, 6.07) is 73.0. The van der Waals surface area contributed by atoms with Crippen LogP contribution in [-0.2, 0) is 10.8 Å². The van der Waals surface area contributed by atoms with Gasteiger partial charge in [0, 0.05) is 0 Å². The Morgan fingerprint density at radius 1 is 0.194 bits per heavy atom. The molecule has 0 amide bonds. The van der Waals surface area contributed by atoms with Crippen LogP contribution < -0.4 is 0 Å². The normalized spacial score (nSPS) is 12.4. The molecule has 298 valence electrons. The van der Waals surface area contributed by atoms with Crippen LogP contribution in [0, 0.1) is 0 Å². The van der Waals surface area contributed by atoms with Gasteiger partial charge in [-0.3, -0.25) is 0 Å². The van der Waals surface area contributed by atoms with Crippen molar-refractivity contribution in [2.45, 2.75) is 52.4 Å². The monoisotopic (exact) mass is 794 g/mol. The quantitative estimate of drug-likeness (QED) is 0.156. The zero-order valence-corrected chi connectivity index (χ0v) is 36.5. The zero-order valence-electron chi connectivity index (χ0n) is 36.5. The molecule has 0 saturated heterocycles. The summed E-state index contributed by atoms with van der Waals surface area (Å²) in [5.74, 6) is 0. The van der Waals surface area contributed by atoms with E-state index >= 15 is 0 Å². The summed E-state index contributed by atoms with van der Waals surface area (Å²) in [6.45, 7) is 13.8. The van der Waals surface area contributed by atoms with Crippen molar-refractivity contribution in [3.05, 3.63) is 205 Å². The van der Waals surface area contributed by atoms with Gasteiger partial charge in [0.1, 0.15) is 0 Å². The molecule has 0 atom stereocenters. The van der Waals surface area contributed by atoms with Crippen molar-refractivity contribution in [3.8, 4) is 44.5 Å². The summed E-state index contributed by atoms with van der Waals surface area (Å²) in [5, 5.41) is 15.7. The molecular formula is C62H50. The van der Waals surface area contributed by atoms with Crippen LogP contribution >= 0.6 is 0 Å². The lowest BCUT2D eigenvalue weighted by Crippen LogP contribution is -2.10. The van der Waals surface area contributed by atoms with Crippen molar-refractivity contribution < 1.29 is 0 Å². The van der Waals surface area contributed by atoms with Crippen molar-refractivity contribution in [1.29, 1.82) is 0 Å². The number of hydrogen-bond donors (Lipinski definition) is 0. The molecular weight excluding hydrogens is 745 g/mol. The molecule has 11 aromatic rings. The van der Waals surface area contributed by atoms with Crippen molar-refractivity contribution in [1.82, 2.24) is 0 Å². The first kappa shape index (κ1) is 37.9. The van der Waals surface area contributed by atoms with Gasteiger partial charge in [0.15, 0.2) is 0 Å². The first-order valence-electron chi connectivity index (χ1n) is 22.1. The maximum atomic E-state index is 2.41. The molecule has 0 unspecified atom stereocenters. The molecule has 0 radical (unpaired) electrons. The standard InChI is InChI=1S/C62H50/c1-61(2,3)47-27-31-55-53-29-25-45(35-57(53)49-17-7-9-19-51(49)59(55)37-47)43-15-11-13-41(33-43)39-21-23-40(24-22-39)42-14-12-16-44(34-42)46-26-30-54-56-32-28-48(62(4,5)6)38-60(56)52-20-10-8-18-50(52)58(54)36-46/h7-38H,1-6H3. The molecule has 0 aliphatic rings. The van der Waals surface area contributed by atoms with E-state index in [-0.39, 0.29) is 10.8 Å². The lowest BCUT2D eigenvalue weighted by molar-refractivity contribution is 0.591. The Hall–Kier alpha value is -7.02. The first-order valence-corrected chi connectivity index (χ1v) is 22.1. The van der Waals surface area contributed by atoms with E-state index in [1.807, 2.05) is 0 Å². The van der Waals surface area contributed by atoms with E-state index in [9.17, 15) is 0 Å². The second-order valence-electron chi connectivity index (χ2n) is 19.4. The predicted octanol–water partition coefficient (Wildman–Crippen LogP) is 17.9. The fraction of sp³-hybridized carbons (Fsp3) is 0.129. The molecule has 11 aromatic carbocycles. The van der Waals surface area contributed by atoms with Crippen LogP contribution in [-0.4, -0.2) is 0 Å². The third kappa shape index (κ3) is 6.45. The number of benzene rings is 11. The molecule has 0 spiro atoms. The highest BCUT2D eigenvalue weighted by Gasteiger charge is 2.19. The maximum absolute atomic E-state index is 2.41. The molecule has 0 bridgehead atoms. The van der Waals surface area contributed by atoms with E-state index in [2.05, 4.69) is 236 Å². The van der Waals surface area contributed by atoms with Gasteiger partial charge < -0.3 is 0 Å². The van der Waals surface area contributed by atoms with E-state index in [0.29, 0.717) is 0 Å². The Bertz CT molecular complexity index is 3290. The van der Waals surface area contributed by atoms with Crippen LogP contribution in [0.3, 0.4) is 0 Å². The van der Waals surface area contributed by atoms with Gasteiger partial charge in [0.2, 0.25) is 0 Å². The average Bonchev–Trinajstić information content (AvgIpc) is 3.30. The molecule has 0 saturated carbocycles. The van der Waals surface area contributed by atoms with Crippen LogP contribution in [0.2, 0.25) is 0 Å². The largest absolute Gasteiger partial charge is 0.0616 e. The smallest absolute Gasteiger partial charge is 0.00928 e. The molecule has 0 N–H and O–H groups in total. The van der Waals surface area contributed by atoms with Gasteiger partial charge in [-0.1, -0.05) is 199 Å².